The third-order valence-corrected chi connectivity index (χ3v) is 4.70. The molecule has 1 aliphatic carbocycles. The average Bonchev–Trinajstić information content (AvgIpc) is 2.80. The minimum absolute atomic E-state index is 0.00713. The first kappa shape index (κ1) is 14.4. The molecule has 0 spiro atoms. The van der Waals surface area contributed by atoms with Gasteiger partial charge in [-0.3, -0.25) is 4.68 Å². The molecule has 1 heterocycles. The molecule has 2 unspecified atom stereocenters. The smallest absolute Gasteiger partial charge is 0.161 e. The maximum atomic E-state index is 6.60. The Labute approximate surface area is 116 Å². The number of hydrogen-bond donors (Lipinski definition) is 1. The van der Waals surface area contributed by atoms with Gasteiger partial charge in [-0.15, -0.1) is 0 Å². The third-order valence-electron chi connectivity index (χ3n) is 4.70. The van der Waals surface area contributed by atoms with Crippen LogP contribution in [0.15, 0.2) is 6.20 Å². The number of ether oxygens (including phenoxy) is 1. The molecule has 0 aliphatic heterocycles. The molecule has 2 rings (SSSR count). The second-order valence-corrected chi connectivity index (χ2v) is 6.28. The number of rotatable bonds is 4. The zero-order valence-corrected chi connectivity index (χ0v) is 12.6. The zero-order chi connectivity index (χ0) is 14.0. The second-order valence-electron chi connectivity index (χ2n) is 6.28. The van der Waals surface area contributed by atoms with Crippen molar-refractivity contribution in [2.45, 2.75) is 59.0 Å². The van der Waals surface area contributed by atoms with Crippen LogP contribution in [0.2, 0.25) is 0 Å². The summed E-state index contributed by atoms with van der Waals surface area (Å²) >= 11 is 0. The highest BCUT2D eigenvalue weighted by Gasteiger charge is 2.38. The van der Waals surface area contributed by atoms with E-state index in [2.05, 4.69) is 25.9 Å². The first-order valence-corrected chi connectivity index (χ1v) is 7.36. The van der Waals surface area contributed by atoms with Crippen molar-refractivity contribution in [3.63, 3.8) is 0 Å². The van der Waals surface area contributed by atoms with Gasteiger partial charge in [-0.2, -0.15) is 5.10 Å². The number of aromatic nitrogens is 2. The van der Waals surface area contributed by atoms with Crippen LogP contribution in [0.3, 0.4) is 0 Å². The fourth-order valence-electron chi connectivity index (χ4n) is 3.50. The lowest BCUT2D eigenvalue weighted by Crippen LogP contribution is -2.37. The Kier molecular flexibility index (Phi) is 4.19. The van der Waals surface area contributed by atoms with E-state index in [0.717, 1.165) is 18.0 Å². The van der Waals surface area contributed by atoms with Gasteiger partial charge in [-0.25, -0.2) is 0 Å². The fraction of sp³-hybridized carbons (Fsp3) is 0.800. The van der Waals surface area contributed by atoms with Crippen molar-refractivity contribution in [1.29, 1.82) is 0 Å². The van der Waals surface area contributed by atoms with E-state index in [4.69, 9.17) is 10.5 Å². The van der Waals surface area contributed by atoms with E-state index in [1.165, 1.54) is 25.7 Å². The molecule has 1 saturated carbocycles. The molecule has 4 heteroatoms. The average molecular weight is 265 g/mol. The van der Waals surface area contributed by atoms with Crippen LogP contribution in [0, 0.1) is 11.3 Å². The van der Waals surface area contributed by atoms with Crippen molar-refractivity contribution >= 4 is 0 Å². The van der Waals surface area contributed by atoms with Crippen LogP contribution in [0.1, 0.15) is 58.2 Å². The molecule has 1 fully saturated rings. The van der Waals surface area contributed by atoms with Crippen LogP contribution in [-0.2, 0) is 6.54 Å². The fourth-order valence-corrected chi connectivity index (χ4v) is 3.50. The Bertz CT molecular complexity index is 404. The largest absolute Gasteiger partial charge is 0.493 e. The van der Waals surface area contributed by atoms with Gasteiger partial charge in [0.15, 0.2) is 5.75 Å². The van der Waals surface area contributed by atoms with Crippen LogP contribution in [0.4, 0.5) is 0 Å². The maximum absolute atomic E-state index is 6.60. The van der Waals surface area contributed by atoms with Gasteiger partial charge in [-0.05, 0) is 31.1 Å². The molecule has 1 aliphatic rings. The molecule has 108 valence electrons. The first-order valence-electron chi connectivity index (χ1n) is 7.36. The van der Waals surface area contributed by atoms with Gasteiger partial charge >= 0.3 is 0 Å². The molecule has 1 aromatic heterocycles. The van der Waals surface area contributed by atoms with Crippen LogP contribution in [0.25, 0.3) is 0 Å². The molecule has 0 radical (unpaired) electrons. The van der Waals surface area contributed by atoms with Gasteiger partial charge in [-0.1, -0.05) is 26.7 Å². The lowest BCUT2D eigenvalue weighted by Gasteiger charge is -2.42. The Balaban J connectivity index is 2.32. The monoisotopic (exact) mass is 265 g/mol. The summed E-state index contributed by atoms with van der Waals surface area (Å²) < 4.78 is 7.42. The van der Waals surface area contributed by atoms with Crippen molar-refractivity contribution in [1.82, 2.24) is 9.78 Å². The van der Waals surface area contributed by atoms with Crippen molar-refractivity contribution in [2.75, 3.05) is 7.11 Å². The summed E-state index contributed by atoms with van der Waals surface area (Å²) in [7, 11) is 1.69. The van der Waals surface area contributed by atoms with E-state index >= 15 is 0 Å². The summed E-state index contributed by atoms with van der Waals surface area (Å²) in [4.78, 5) is 0. The first-order chi connectivity index (χ1) is 9.01. The molecule has 1 aromatic rings. The van der Waals surface area contributed by atoms with Gasteiger partial charge in [0.1, 0.15) is 0 Å². The minimum atomic E-state index is 0.00713. The van der Waals surface area contributed by atoms with Gasteiger partial charge < -0.3 is 10.5 Å². The molecule has 0 bridgehead atoms. The Morgan fingerprint density at radius 2 is 2.26 bits per heavy atom. The molecule has 2 N–H and O–H groups in total. The number of aryl methyl sites for hydroxylation is 1. The van der Waals surface area contributed by atoms with E-state index in [1.54, 1.807) is 13.3 Å². The van der Waals surface area contributed by atoms with Gasteiger partial charge in [0.05, 0.1) is 25.0 Å². The summed E-state index contributed by atoms with van der Waals surface area (Å²) in [6, 6.07) is 0.00713. The highest BCUT2D eigenvalue weighted by Crippen LogP contribution is 2.47. The molecule has 4 nitrogen and oxygen atoms in total. The van der Waals surface area contributed by atoms with Crippen LogP contribution >= 0.6 is 0 Å². The van der Waals surface area contributed by atoms with Crippen LogP contribution < -0.4 is 10.5 Å². The summed E-state index contributed by atoms with van der Waals surface area (Å²) in [6.07, 6.45) is 6.85. The van der Waals surface area contributed by atoms with E-state index in [1.807, 2.05) is 4.68 Å². The molecular weight excluding hydrogens is 238 g/mol. The maximum Gasteiger partial charge on any atom is 0.161 e. The highest BCUT2D eigenvalue weighted by molar-refractivity contribution is 5.29. The van der Waals surface area contributed by atoms with Gasteiger partial charge in [0.2, 0.25) is 0 Å². The van der Waals surface area contributed by atoms with Gasteiger partial charge in [0, 0.05) is 6.54 Å². The standard InChI is InChI=1S/C15H27N3O/c1-5-18-14(12(19-4)10-17-18)13(16)11-8-6-7-9-15(11,2)3/h10-11,13H,5-9,16H2,1-4H3. The Hall–Kier alpha value is -1.03. The molecule has 0 saturated heterocycles. The predicted octanol–water partition coefficient (Wildman–Crippen LogP) is 3.13. The molecule has 0 amide bonds. The number of nitrogens with two attached hydrogens (primary N) is 1. The quantitative estimate of drug-likeness (QED) is 0.910. The Morgan fingerprint density at radius 3 is 2.84 bits per heavy atom. The third kappa shape index (κ3) is 2.64. The lowest BCUT2D eigenvalue weighted by atomic mass is 9.65. The van der Waals surface area contributed by atoms with E-state index in [9.17, 15) is 0 Å². The van der Waals surface area contributed by atoms with E-state index < -0.39 is 0 Å². The minimum Gasteiger partial charge on any atom is -0.493 e. The normalized spacial score (nSPS) is 24.2. The number of methoxy groups -OCH3 is 1. The molecular formula is C15H27N3O. The van der Waals surface area contributed by atoms with E-state index in [-0.39, 0.29) is 6.04 Å². The van der Waals surface area contributed by atoms with Crippen molar-refractivity contribution in [3.05, 3.63) is 11.9 Å². The topological polar surface area (TPSA) is 53.1 Å². The lowest BCUT2D eigenvalue weighted by molar-refractivity contribution is 0.108. The Morgan fingerprint density at radius 1 is 1.53 bits per heavy atom. The number of nitrogens with zero attached hydrogens (tertiary/aromatic N) is 2. The van der Waals surface area contributed by atoms with Crippen molar-refractivity contribution in [3.8, 4) is 5.75 Å². The summed E-state index contributed by atoms with van der Waals surface area (Å²) in [5.74, 6) is 1.33. The van der Waals surface area contributed by atoms with Crippen LogP contribution in [0.5, 0.6) is 5.75 Å². The molecule has 0 aromatic carbocycles. The number of hydrogen-bond acceptors (Lipinski definition) is 3. The predicted molar refractivity (Wildman–Crippen MR) is 77.1 cm³/mol. The van der Waals surface area contributed by atoms with E-state index in [0.29, 0.717) is 11.3 Å². The van der Waals surface area contributed by atoms with Crippen molar-refractivity contribution < 1.29 is 4.74 Å². The SMILES string of the molecule is CCn1ncc(OC)c1C(N)C1CCCCC1(C)C. The van der Waals surface area contributed by atoms with Gasteiger partial charge in [0.25, 0.3) is 0 Å². The highest BCUT2D eigenvalue weighted by atomic mass is 16.5. The molecule has 19 heavy (non-hydrogen) atoms. The van der Waals surface area contributed by atoms with Crippen LogP contribution in [-0.4, -0.2) is 16.9 Å². The second kappa shape index (κ2) is 5.53. The molecule has 2 atom stereocenters. The summed E-state index contributed by atoms with van der Waals surface area (Å²) in [6.45, 7) is 7.61. The van der Waals surface area contributed by atoms with Crippen molar-refractivity contribution in [2.24, 2.45) is 17.1 Å². The summed E-state index contributed by atoms with van der Waals surface area (Å²) in [5, 5.41) is 4.38. The zero-order valence-electron chi connectivity index (χ0n) is 12.6. The summed E-state index contributed by atoms with van der Waals surface area (Å²) in [5.41, 5.74) is 7.96.